The van der Waals surface area contributed by atoms with Gasteiger partial charge in [-0.25, -0.2) is 9.37 Å². The molecule has 1 atom stereocenters. The van der Waals surface area contributed by atoms with Crippen LogP contribution in [0, 0.1) is 11.2 Å². The fourth-order valence-electron chi connectivity index (χ4n) is 2.91. The molecule has 0 radical (unpaired) electrons. The van der Waals surface area contributed by atoms with Crippen LogP contribution >= 0.6 is 11.3 Å². The monoisotopic (exact) mass is 306 g/mol. The van der Waals surface area contributed by atoms with Crippen molar-refractivity contribution in [3.05, 3.63) is 34.6 Å². The molecule has 1 aliphatic rings. The number of ether oxygens (including phenoxy) is 1. The molecular weight excluding hydrogens is 287 g/mol. The van der Waals surface area contributed by atoms with E-state index < -0.39 is 0 Å². The first-order valence-corrected chi connectivity index (χ1v) is 7.80. The van der Waals surface area contributed by atoms with Crippen LogP contribution in [0.1, 0.15) is 36.9 Å². The molecule has 1 aliphatic carbocycles. The highest BCUT2D eigenvalue weighted by atomic mass is 32.1. The molecule has 1 unspecified atom stereocenters. The Morgan fingerprint density at radius 2 is 2.19 bits per heavy atom. The lowest BCUT2D eigenvalue weighted by atomic mass is 9.77. The Labute approximate surface area is 128 Å². The molecule has 0 aliphatic heterocycles. The molecule has 0 spiro atoms. The summed E-state index contributed by atoms with van der Waals surface area (Å²) < 4.78 is 18.6. The second kappa shape index (κ2) is 5.07. The lowest BCUT2D eigenvalue weighted by Crippen LogP contribution is -2.28. The summed E-state index contributed by atoms with van der Waals surface area (Å²) in [7, 11) is 1.47. The molecule has 0 saturated carbocycles. The number of hydrogen-bond donors (Lipinski definition) is 1. The average Bonchev–Trinajstić information content (AvgIpc) is 2.82. The molecule has 112 valence electrons. The van der Waals surface area contributed by atoms with Crippen LogP contribution in [0.5, 0.6) is 5.75 Å². The van der Waals surface area contributed by atoms with Gasteiger partial charge in [0.1, 0.15) is 5.01 Å². The summed E-state index contributed by atoms with van der Waals surface area (Å²) in [4.78, 5) is 5.89. The first-order valence-electron chi connectivity index (χ1n) is 6.99. The van der Waals surface area contributed by atoms with Crippen LogP contribution in [0.3, 0.4) is 0 Å². The van der Waals surface area contributed by atoms with E-state index in [2.05, 4.69) is 13.8 Å². The molecule has 5 heteroatoms. The van der Waals surface area contributed by atoms with Crippen molar-refractivity contribution in [2.75, 3.05) is 7.11 Å². The summed E-state index contributed by atoms with van der Waals surface area (Å²) in [5.41, 5.74) is 8.42. The molecule has 2 N–H and O–H groups in total. The minimum atomic E-state index is -0.361. The maximum Gasteiger partial charge on any atom is 0.165 e. The second-order valence-corrected chi connectivity index (χ2v) is 7.36. The van der Waals surface area contributed by atoms with Gasteiger partial charge in [0.2, 0.25) is 0 Å². The summed E-state index contributed by atoms with van der Waals surface area (Å²) in [5.74, 6) is -0.120. The van der Waals surface area contributed by atoms with Gasteiger partial charge < -0.3 is 10.5 Å². The quantitative estimate of drug-likeness (QED) is 0.914. The van der Waals surface area contributed by atoms with Gasteiger partial charge in [-0.3, -0.25) is 0 Å². The molecule has 1 heterocycles. The second-order valence-electron chi connectivity index (χ2n) is 6.33. The first kappa shape index (κ1) is 14.5. The maximum atomic E-state index is 13.5. The number of methoxy groups -OCH3 is 1. The summed E-state index contributed by atoms with van der Waals surface area (Å²) in [5, 5.41) is 0.881. The number of nitrogens with zero attached hydrogens (tertiary/aromatic N) is 1. The van der Waals surface area contributed by atoms with Gasteiger partial charge in [0.15, 0.2) is 11.6 Å². The zero-order valence-electron chi connectivity index (χ0n) is 12.4. The highest BCUT2D eigenvalue weighted by Crippen LogP contribution is 2.44. The predicted molar refractivity (Wildman–Crippen MR) is 83.1 cm³/mol. The van der Waals surface area contributed by atoms with Crippen molar-refractivity contribution in [2.24, 2.45) is 11.1 Å². The number of hydrogen-bond acceptors (Lipinski definition) is 4. The molecular formula is C16H19FN2OS. The Balaban J connectivity index is 2.02. The minimum absolute atomic E-state index is 0.0392. The molecule has 1 aromatic heterocycles. The average molecular weight is 306 g/mol. The number of fused-ring (bicyclic) bond motifs is 1. The Hall–Kier alpha value is -1.46. The summed E-state index contributed by atoms with van der Waals surface area (Å²) in [6.07, 6.45) is 1.90. The summed E-state index contributed by atoms with van der Waals surface area (Å²) in [6.45, 7) is 4.44. The van der Waals surface area contributed by atoms with Gasteiger partial charge in [-0.15, -0.1) is 11.3 Å². The number of rotatable bonds is 2. The normalized spacial score (nSPS) is 20.1. The molecule has 2 aromatic rings. The van der Waals surface area contributed by atoms with E-state index >= 15 is 0 Å². The van der Waals surface area contributed by atoms with Gasteiger partial charge in [-0.1, -0.05) is 13.8 Å². The summed E-state index contributed by atoms with van der Waals surface area (Å²) in [6, 6.07) is 4.88. The third-order valence-electron chi connectivity index (χ3n) is 3.88. The van der Waals surface area contributed by atoms with Gasteiger partial charge in [0.05, 0.1) is 12.8 Å². The molecule has 21 heavy (non-hydrogen) atoms. The van der Waals surface area contributed by atoms with Crippen LogP contribution in [0.15, 0.2) is 18.2 Å². The number of aromatic nitrogens is 1. The van der Waals surface area contributed by atoms with E-state index in [1.54, 1.807) is 23.5 Å². The van der Waals surface area contributed by atoms with Crippen LogP contribution < -0.4 is 10.5 Å². The first-order chi connectivity index (χ1) is 9.89. The Kier molecular flexibility index (Phi) is 3.50. The van der Waals surface area contributed by atoms with Crippen molar-refractivity contribution in [1.82, 2.24) is 4.98 Å². The topological polar surface area (TPSA) is 48.1 Å². The zero-order chi connectivity index (χ0) is 15.2. The number of thiazole rings is 1. The van der Waals surface area contributed by atoms with E-state index in [4.69, 9.17) is 15.5 Å². The molecule has 0 saturated heterocycles. The van der Waals surface area contributed by atoms with E-state index in [1.807, 2.05) is 0 Å². The maximum absolute atomic E-state index is 13.5. The zero-order valence-corrected chi connectivity index (χ0v) is 13.3. The van der Waals surface area contributed by atoms with Crippen molar-refractivity contribution >= 4 is 11.3 Å². The van der Waals surface area contributed by atoms with E-state index in [1.165, 1.54) is 13.2 Å². The molecule has 0 fully saturated rings. The molecule has 0 bridgehead atoms. The van der Waals surface area contributed by atoms with E-state index in [0.29, 0.717) is 0 Å². The highest BCUT2D eigenvalue weighted by Gasteiger charge is 2.33. The van der Waals surface area contributed by atoms with Crippen LogP contribution in [-0.2, 0) is 6.42 Å². The fourth-order valence-corrected chi connectivity index (χ4v) is 3.99. The fraction of sp³-hybridized carbons (Fsp3) is 0.438. The van der Waals surface area contributed by atoms with Crippen molar-refractivity contribution in [1.29, 1.82) is 0 Å². The van der Waals surface area contributed by atoms with Gasteiger partial charge >= 0.3 is 0 Å². The summed E-state index contributed by atoms with van der Waals surface area (Å²) >= 11 is 1.61. The van der Waals surface area contributed by atoms with E-state index in [0.717, 1.165) is 34.0 Å². The Bertz CT molecular complexity index is 681. The molecule has 1 aromatic carbocycles. The van der Waals surface area contributed by atoms with Crippen LogP contribution in [-0.4, -0.2) is 12.1 Å². The van der Waals surface area contributed by atoms with E-state index in [9.17, 15) is 4.39 Å². The Morgan fingerprint density at radius 3 is 2.90 bits per heavy atom. The molecule has 3 nitrogen and oxygen atoms in total. The van der Waals surface area contributed by atoms with Gasteiger partial charge in [-0.05, 0) is 36.5 Å². The lowest BCUT2D eigenvalue weighted by Gasteiger charge is -2.32. The van der Waals surface area contributed by atoms with Gasteiger partial charge in [0, 0.05) is 16.5 Å². The SMILES string of the molecule is COc1cc(-c2nc3c(s2)C(N)CC(C)(C)C3)ccc1F. The predicted octanol–water partition coefficient (Wildman–Crippen LogP) is 3.93. The van der Waals surface area contributed by atoms with E-state index in [-0.39, 0.29) is 23.0 Å². The standard InChI is InChI=1S/C16H19FN2OS/c1-16(2)7-11(18)14-12(8-16)19-15(21-14)9-4-5-10(17)13(6-9)20-3/h4-6,11H,7-8,18H2,1-3H3. The number of nitrogens with two attached hydrogens (primary N) is 1. The third kappa shape index (κ3) is 2.68. The van der Waals surface area contributed by atoms with Crippen molar-refractivity contribution in [3.63, 3.8) is 0 Å². The highest BCUT2D eigenvalue weighted by molar-refractivity contribution is 7.15. The smallest absolute Gasteiger partial charge is 0.165 e. The molecule has 3 rings (SSSR count). The van der Waals surface area contributed by atoms with Crippen LogP contribution in [0.4, 0.5) is 4.39 Å². The van der Waals surface area contributed by atoms with Crippen molar-refractivity contribution in [2.45, 2.75) is 32.7 Å². The number of halogens is 1. The van der Waals surface area contributed by atoms with Crippen molar-refractivity contribution < 1.29 is 9.13 Å². The largest absolute Gasteiger partial charge is 0.494 e. The number of benzene rings is 1. The van der Waals surface area contributed by atoms with Crippen LogP contribution in [0.25, 0.3) is 10.6 Å². The van der Waals surface area contributed by atoms with Crippen molar-refractivity contribution in [3.8, 4) is 16.3 Å². The Morgan fingerprint density at radius 1 is 1.43 bits per heavy atom. The van der Waals surface area contributed by atoms with Crippen LogP contribution in [0.2, 0.25) is 0 Å². The minimum Gasteiger partial charge on any atom is -0.494 e. The van der Waals surface area contributed by atoms with Gasteiger partial charge in [0.25, 0.3) is 0 Å². The van der Waals surface area contributed by atoms with Gasteiger partial charge in [-0.2, -0.15) is 0 Å². The lowest BCUT2D eigenvalue weighted by molar-refractivity contribution is 0.282. The third-order valence-corrected chi connectivity index (χ3v) is 5.16. The molecule has 0 amide bonds.